The molecular weight excluding hydrogens is 673 g/mol. The molecule has 2 saturated carbocycles. The summed E-state index contributed by atoms with van der Waals surface area (Å²) in [6.45, 7) is 3.75. The highest BCUT2D eigenvalue weighted by Crippen LogP contribution is 2.66. The highest BCUT2D eigenvalue weighted by molar-refractivity contribution is 7.90. The normalized spacial score (nSPS) is 26.0. The van der Waals surface area contributed by atoms with Crippen LogP contribution in [-0.2, 0) is 21.4 Å². The molecule has 3 heterocycles. The van der Waals surface area contributed by atoms with E-state index in [9.17, 15) is 36.3 Å². The number of carbonyl (C=O) groups excluding carboxylic acids is 2. The summed E-state index contributed by atoms with van der Waals surface area (Å²) < 4.78 is 72.7. The number of carbonyl (C=O) groups is 2. The SMILES string of the molecule is COc1ccc2c(c1)C1CC1(C(=O)N1C[C@@H](C)CN(C)C[C@@H]1O)Cn1c-2c(C2CCCCC2)c2ccc(C(=O)NS(=O)(=O)CC(F)(F)F)cc21. The van der Waals surface area contributed by atoms with Gasteiger partial charge in [0.05, 0.1) is 18.2 Å². The Morgan fingerprint density at radius 3 is 2.50 bits per heavy atom. The van der Waals surface area contributed by atoms with Crippen LogP contribution >= 0.6 is 0 Å². The summed E-state index contributed by atoms with van der Waals surface area (Å²) in [5.41, 5.74) is 3.52. The molecule has 7 rings (SSSR count). The van der Waals surface area contributed by atoms with E-state index in [0.717, 1.165) is 66.4 Å². The van der Waals surface area contributed by atoms with Crippen LogP contribution in [0.5, 0.6) is 5.75 Å². The lowest BCUT2D eigenvalue weighted by molar-refractivity contribution is -0.148. The second-order valence-corrected chi connectivity index (χ2v) is 16.6. The highest BCUT2D eigenvalue weighted by atomic mass is 32.2. The zero-order valence-electron chi connectivity index (χ0n) is 28.4. The summed E-state index contributed by atoms with van der Waals surface area (Å²) in [4.78, 5) is 31.7. The molecule has 4 aliphatic rings. The van der Waals surface area contributed by atoms with E-state index in [4.69, 9.17) is 4.74 Å². The van der Waals surface area contributed by atoms with Crippen molar-refractivity contribution in [3.05, 3.63) is 53.1 Å². The maximum Gasteiger partial charge on any atom is 0.404 e. The summed E-state index contributed by atoms with van der Waals surface area (Å²) in [5.74, 6) is -2.68. The molecule has 0 radical (unpaired) electrons. The van der Waals surface area contributed by atoms with Crippen LogP contribution < -0.4 is 9.46 Å². The lowest BCUT2D eigenvalue weighted by Gasteiger charge is -2.32. The number of aliphatic hydroxyl groups is 1. The van der Waals surface area contributed by atoms with E-state index < -0.39 is 39.5 Å². The molecule has 2 N–H and O–H groups in total. The number of aromatic nitrogens is 1. The Kier molecular flexibility index (Phi) is 8.74. The zero-order chi connectivity index (χ0) is 35.7. The van der Waals surface area contributed by atoms with Gasteiger partial charge in [0.1, 0.15) is 12.0 Å². The fourth-order valence-electron chi connectivity index (χ4n) is 8.88. The quantitative estimate of drug-likeness (QED) is 0.360. The van der Waals surface area contributed by atoms with Crippen LogP contribution in [0.4, 0.5) is 13.2 Å². The molecule has 2 aliphatic heterocycles. The average Bonchev–Trinajstić information content (AvgIpc) is 3.74. The Hall–Kier alpha value is -3.62. The van der Waals surface area contributed by atoms with Crippen molar-refractivity contribution in [3.8, 4) is 17.0 Å². The number of methoxy groups -OCH3 is 1. The number of β-amino-alcohol motifs (C(OH)–C–C–N with tert-alkyl or cyclic N) is 1. The topological polar surface area (TPSA) is 121 Å². The molecule has 0 bridgehead atoms. The first-order valence-electron chi connectivity index (χ1n) is 17.2. The van der Waals surface area contributed by atoms with E-state index >= 15 is 0 Å². The fraction of sp³-hybridized carbons (Fsp3) is 0.556. The first-order chi connectivity index (χ1) is 23.6. The smallest absolute Gasteiger partial charge is 0.404 e. The largest absolute Gasteiger partial charge is 0.497 e. The van der Waals surface area contributed by atoms with Crippen LogP contribution in [0.15, 0.2) is 36.4 Å². The van der Waals surface area contributed by atoms with E-state index in [0.29, 0.717) is 30.8 Å². The number of alkyl halides is 3. The average molecular weight is 717 g/mol. The van der Waals surface area contributed by atoms with Gasteiger partial charge in [0.15, 0.2) is 5.75 Å². The lowest BCUT2D eigenvalue weighted by Crippen LogP contribution is -2.48. The molecule has 270 valence electrons. The van der Waals surface area contributed by atoms with Crippen LogP contribution in [-0.4, -0.2) is 91.7 Å². The third kappa shape index (κ3) is 6.27. The van der Waals surface area contributed by atoms with Crippen LogP contribution in [0.3, 0.4) is 0 Å². The maximum absolute atomic E-state index is 14.8. The first kappa shape index (κ1) is 34.8. The van der Waals surface area contributed by atoms with Gasteiger partial charge < -0.3 is 24.2 Å². The Morgan fingerprint density at radius 1 is 1.06 bits per heavy atom. The van der Waals surface area contributed by atoms with Crippen molar-refractivity contribution < 1.29 is 41.0 Å². The monoisotopic (exact) mass is 716 g/mol. The molecular formula is C36H43F3N4O6S. The van der Waals surface area contributed by atoms with Gasteiger partial charge in [0, 0.05) is 54.1 Å². The molecule has 14 heteroatoms. The van der Waals surface area contributed by atoms with Gasteiger partial charge in [-0.15, -0.1) is 0 Å². The number of benzene rings is 2. The number of rotatable bonds is 6. The van der Waals surface area contributed by atoms with Gasteiger partial charge in [-0.25, -0.2) is 13.1 Å². The predicted molar refractivity (Wildman–Crippen MR) is 181 cm³/mol. The molecule has 10 nitrogen and oxygen atoms in total. The molecule has 1 saturated heterocycles. The maximum atomic E-state index is 14.8. The molecule has 4 atom stereocenters. The van der Waals surface area contributed by atoms with Gasteiger partial charge in [0.25, 0.3) is 5.91 Å². The minimum atomic E-state index is -5.02. The third-order valence-electron chi connectivity index (χ3n) is 11.0. The summed E-state index contributed by atoms with van der Waals surface area (Å²) in [7, 11) is -1.47. The first-order valence-corrected chi connectivity index (χ1v) is 18.9. The van der Waals surface area contributed by atoms with Crippen molar-refractivity contribution in [2.24, 2.45) is 11.3 Å². The number of hydrogen-bond donors (Lipinski definition) is 2. The number of sulfonamides is 1. The van der Waals surface area contributed by atoms with E-state index in [1.54, 1.807) is 22.8 Å². The Labute approximate surface area is 289 Å². The number of ether oxygens (including phenoxy) is 1. The molecule has 2 aromatic carbocycles. The van der Waals surface area contributed by atoms with Crippen molar-refractivity contribution in [1.82, 2.24) is 19.1 Å². The number of amides is 2. The third-order valence-corrected chi connectivity index (χ3v) is 12.2. The summed E-state index contributed by atoms with van der Waals surface area (Å²) in [5, 5.41) is 12.2. The minimum absolute atomic E-state index is 0.106. The Bertz CT molecular complexity index is 1960. The number of nitrogens with one attached hydrogen (secondary N) is 1. The fourth-order valence-corrected chi connectivity index (χ4v) is 9.78. The number of nitrogens with zero attached hydrogens (tertiary/aromatic N) is 3. The molecule has 2 unspecified atom stereocenters. The molecule has 0 spiro atoms. The molecule has 2 amide bonds. The summed E-state index contributed by atoms with van der Waals surface area (Å²) in [6.07, 6.45) is -0.344. The number of hydrogen-bond acceptors (Lipinski definition) is 7. The van der Waals surface area contributed by atoms with Crippen molar-refractivity contribution in [2.75, 3.05) is 39.5 Å². The number of likely N-dealkylation sites (N-methyl/N-ethyl adjacent to an activating group) is 1. The van der Waals surface area contributed by atoms with E-state index in [1.165, 1.54) is 12.1 Å². The number of fused-ring (bicyclic) bond motifs is 7. The second kappa shape index (κ2) is 12.6. The van der Waals surface area contributed by atoms with Crippen LogP contribution in [0, 0.1) is 11.3 Å². The van der Waals surface area contributed by atoms with Gasteiger partial charge >= 0.3 is 6.18 Å². The molecule has 50 heavy (non-hydrogen) atoms. The Balaban J connectivity index is 1.40. The zero-order valence-corrected chi connectivity index (χ0v) is 29.2. The van der Waals surface area contributed by atoms with E-state index in [2.05, 4.69) is 11.5 Å². The second-order valence-electron chi connectivity index (χ2n) is 14.9. The van der Waals surface area contributed by atoms with Gasteiger partial charge in [-0.2, -0.15) is 13.2 Å². The molecule has 3 aromatic rings. The predicted octanol–water partition coefficient (Wildman–Crippen LogP) is 5.20. The van der Waals surface area contributed by atoms with Gasteiger partial charge in [-0.1, -0.05) is 32.3 Å². The molecule has 2 aliphatic carbocycles. The van der Waals surface area contributed by atoms with Crippen molar-refractivity contribution >= 4 is 32.7 Å². The van der Waals surface area contributed by atoms with Crippen molar-refractivity contribution in [1.29, 1.82) is 0 Å². The van der Waals surface area contributed by atoms with Crippen molar-refractivity contribution in [3.63, 3.8) is 0 Å². The lowest BCUT2D eigenvalue weighted by atomic mass is 9.81. The van der Waals surface area contributed by atoms with E-state index in [1.807, 2.05) is 30.1 Å². The summed E-state index contributed by atoms with van der Waals surface area (Å²) in [6, 6.07) is 10.6. The van der Waals surface area contributed by atoms with Crippen LogP contribution in [0.2, 0.25) is 0 Å². The number of halogens is 3. The standard InChI is InChI=1S/C36H43F3N4O6S/c1-21-16-41(2)18-30(44)42(17-21)34(46)35-15-28(35)27-14-24(49-3)10-12-25(27)32-31(22-7-5-4-6-8-22)26-11-9-23(13-29(26)43(32)19-35)33(45)40-50(47,48)20-36(37,38)39/h9-14,21-22,28,30,44H,4-8,15-20H2,1-3H3,(H,40,45)/t21-,28?,30-,35?/m0/s1. The van der Waals surface area contributed by atoms with Crippen LogP contribution in [0.1, 0.15) is 78.8 Å². The molecule has 1 aromatic heterocycles. The Morgan fingerprint density at radius 2 is 1.80 bits per heavy atom. The van der Waals surface area contributed by atoms with E-state index in [-0.39, 0.29) is 35.8 Å². The number of aliphatic hydroxyl groups excluding tert-OH is 1. The van der Waals surface area contributed by atoms with Crippen LogP contribution in [0.25, 0.3) is 22.2 Å². The van der Waals surface area contributed by atoms with Gasteiger partial charge in [-0.3, -0.25) is 9.59 Å². The van der Waals surface area contributed by atoms with Gasteiger partial charge in [-0.05, 0) is 79.6 Å². The minimum Gasteiger partial charge on any atom is -0.497 e. The van der Waals surface area contributed by atoms with Crippen molar-refractivity contribution in [2.45, 2.75) is 76.2 Å². The summed E-state index contributed by atoms with van der Waals surface area (Å²) >= 11 is 0. The highest BCUT2D eigenvalue weighted by Gasteiger charge is 2.64. The van der Waals surface area contributed by atoms with Gasteiger partial charge in [0.2, 0.25) is 15.9 Å². The molecule has 3 fully saturated rings.